The molecule has 8 heteroatoms. The van der Waals surface area contributed by atoms with Gasteiger partial charge in [-0.25, -0.2) is 0 Å². The number of nitrogens with one attached hydrogen (secondary N) is 1. The van der Waals surface area contributed by atoms with Gasteiger partial charge in [-0.15, -0.1) is 0 Å². The second-order valence-corrected chi connectivity index (χ2v) is 12.1. The van der Waals surface area contributed by atoms with Crippen molar-refractivity contribution in [1.29, 1.82) is 0 Å². The highest BCUT2D eigenvalue weighted by molar-refractivity contribution is 14.1. The average molecular weight is 655 g/mol. The molecule has 0 heterocycles. The first-order chi connectivity index (χ1) is 18.9. The minimum Gasteiger partial charge on any atom is -0.357 e. The topological polar surface area (TPSA) is 95.7 Å². The molecule has 0 unspecified atom stereocenters. The van der Waals surface area contributed by atoms with Gasteiger partial charge < -0.3 is 20.9 Å². The Balaban J connectivity index is 1.93. The lowest BCUT2D eigenvalue weighted by molar-refractivity contribution is -0.146. The Morgan fingerprint density at radius 1 is 0.900 bits per heavy atom. The van der Waals surface area contributed by atoms with E-state index in [0.29, 0.717) is 19.3 Å². The van der Waals surface area contributed by atoms with Crippen LogP contribution in [0.2, 0.25) is 0 Å². The smallest absolute Gasteiger partial charge is 0.246 e. The molecule has 0 radical (unpaired) electrons. The van der Waals surface area contributed by atoms with Crippen molar-refractivity contribution in [2.24, 2.45) is 5.73 Å². The van der Waals surface area contributed by atoms with Crippen molar-refractivity contribution in [2.45, 2.75) is 50.7 Å². The lowest BCUT2D eigenvalue weighted by atomic mass is 9.98. The third kappa shape index (κ3) is 8.63. The highest BCUT2D eigenvalue weighted by Gasteiger charge is 2.34. The molecule has 40 heavy (non-hydrogen) atoms. The van der Waals surface area contributed by atoms with Crippen LogP contribution in [0, 0.1) is 3.57 Å². The van der Waals surface area contributed by atoms with Gasteiger partial charge in [0.05, 0.1) is 0 Å². The molecule has 3 aromatic carbocycles. The lowest BCUT2D eigenvalue weighted by Crippen LogP contribution is -2.55. The zero-order valence-corrected chi connectivity index (χ0v) is 26.0. The summed E-state index contributed by atoms with van der Waals surface area (Å²) in [6.07, 6.45) is 4.38. The normalized spacial score (nSPS) is 13.2. The van der Waals surface area contributed by atoms with Crippen LogP contribution in [0.1, 0.15) is 31.4 Å². The Labute approximate surface area is 250 Å². The molecule has 3 amide bonds. The quantitative estimate of drug-likeness (QED) is 0.238. The summed E-state index contributed by atoms with van der Waals surface area (Å²) < 4.78 is 1.09. The van der Waals surface area contributed by atoms with Gasteiger partial charge in [-0.3, -0.25) is 14.4 Å². The van der Waals surface area contributed by atoms with Crippen LogP contribution in [0.5, 0.6) is 0 Å². The van der Waals surface area contributed by atoms with Crippen molar-refractivity contribution in [2.75, 3.05) is 21.1 Å². The summed E-state index contributed by atoms with van der Waals surface area (Å²) in [6, 6.07) is 20.4. The summed E-state index contributed by atoms with van der Waals surface area (Å²) in [4.78, 5) is 43.2. The maximum absolute atomic E-state index is 14.1. The third-order valence-corrected chi connectivity index (χ3v) is 7.67. The second kappa shape index (κ2) is 13.9. The number of hydrogen-bond acceptors (Lipinski definition) is 4. The molecule has 3 rings (SSSR count). The molecule has 0 fully saturated rings. The highest BCUT2D eigenvalue weighted by atomic mass is 127. The predicted octanol–water partition coefficient (Wildman–Crippen LogP) is 4.31. The summed E-state index contributed by atoms with van der Waals surface area (Å²) in [5.41, 5.74) is 7.48. The van der Waals surface area contributed by atoms with Crippen LogP contribution in [-0.4, -0.2) is 66.3 Å². The van der Waals surface area contributed by atoms with E-state index in [1.54, 1.807) is 27.2 Å². The second-order valence-electron chi connectivity index (χ2n) is 10.9. The van der Waals surface area contributed by atoms with Gasteiger partial charge in [0.15, 0.2) is 0 Å². The van der Waals surface area contributed by atoms with Gasteiger partial charge in [0.25, 0.3) is 0 Å². The van der Waals surface area contributed by atoms with E-state index < -0.39 is 17.6 Å². The van der Waals surface area contributed by atoms with Crippen LogP contribution in [0.25, 0.3) is 10.8 Å². The number of benzene rings is 3. The van der Waals surface area contributed by atoms with Gasteiger partial charge in [0.1, 0.15) is 12.1 Å². The predicted molar refractivity (Wildman–Crippen MR) is 170 cm³/mol. The van der Waals surface area contributed by atoms with Crippen molar-refractivity contribution in [3.05, 3.63) is 93.6 Å². The summed E-state index contributed by atoms with van der Waals surface area (Å²) in [5.74, 6) is -0.875. The van der Waals surface area contributed by atoms with Crippen molar-refractivity contribution in [3.63, 3.8) is 0 Å². The Morgan fingerprint density at radius 3 is 2.12 bits per heavy atom. The van der Waals surface area contributed by atoms with Crippen molar-refractivity contribution >= 4 is 51.1 Å². The van der Waals surface area contributed by atoms with Crippen LogP contribution in [0.4, 0.5) is 0 Å². The van der Waals surface area contributed by atoms with Crippen molar-refractivity contribution < 1.29 is 14.4 Å². The molecule has 0 aliphatic carbocycles. The largest absolute Gasteiger partial charge is 0.357 e. The van der Waals surface area contributed by atoms with Crippen molar-refractivity contribution in [3.8, 4) is 0 Å². The van der Waals surface area contributed by atoms with E-state index >= 15 is 0 Å². The first-order valence-corrected chi connectivity index (χ1v) is 14.4. The number of carbonyl (C=O) groups is 3. The molecular weight excluding hydrogens is 615 g/mol. The zero-order valence-electron chi connectivity index (χ0n) is 23.9. The molecule has 3 aromatic rings. The monoisotopic (exact) mass is 654 g/mol. The number of nitrogens with zero attached hydrogens (tertiary/aromatic N) is 2. The van der Waals surface area contributed by atoms with Crippen LogP contribution < -0.4 is 11.1 Å². The minimum absolute atomic E-state index is 0.266. The fourth-order valence-electron chi connectivity index (χ4n) is 4.52. The molecular formula is C32H39IN4O3. The number of carbonyl (C=O) groups excluding carboxylic acids is 3. The van der Waals surface area contributed by atoms with Crippen LogP contribution in [0.15, 0.2) is 78.9 Å². The Hall–Kier alpha value is -3.24. The number of nitrogens with two attached hydrogens (primary N) is 1. The molecule has 0 aliphatic heterocycles. The molecule has 7 nitrogen and oxygen atoms in total. The summed E-state index contributed by atoms with van der Waals surface area (Å²) in [7, 11) is 4.83. The zero-order chi connectivity index (χ0) is 29.4. The number of rotatable bonds is 11. The van der Waals surface area contributed by atoms with Gasteiger partial charge in [0, 0.05) is 43.1 Å². The summed E-state index contributed by atoms with van der Waals surface area (Å²) in [6.45, 7) is 3.78. The molecule has 0 bridgehead atoms. The van der Waals surface area contributed by atoms with Gasteiger partial charge in [-0.2, -0.15) is 0 Å². The third-order valence-electron chi connectivity index (χ3n) is 6.95. The number of halogens is 1. The molecule has 3 N–H and O–H groups in total. The first-order valence-electron chi connectivity index (χ1n) is 13.3. The molecule has 2 atom stereocenters. The van der Waals surface area contributed by atoms with Gasteiger partial charge in [-0.05, 0) is 83.0 Å². The molecule has 0 aliphatic rings. The Morgan fingerprint density at radius 2 is 1.50 bits per heavy atom. The van der Waals surface area contributed by atoms with E-state index in [9.17, 15) is 14.4 Å². The van der Waals surface area contributed by atoms with Gasteiger partial charge in [0.2, 0.25) is 17.7 Å². The molecule has 0 aromatic heterocycles. The fraction of sp³-hybridized carbons (Fsp3) is 0.344. The molecule has 0 saturated heterocycles. The molecule has 0 saturated carbocycles. The van der Waals surface area contributed by atoms with E-state index in [4.69, 9.17) is 5.73 Å². The highest BCUT2D eigenvalue weighted by Crippen LogP contribution is 2.20. The standard InChI is InChI=1S/C32H39IN4O3/c1-32(2,34)18-8-11-29(38)36(4)28(21-23-12-15-24-9-6-7-10-25(24)19-23)31(40)37(5)27(30(39)35-3)20-22-13-16-26(33)17-14-22/h6-17,19,27-28H,18,20-21,34H2,1-5H3,(H,35,39)/b11-8+/t27-,28-/m1/s1. The summed E-state index contributed by atoms with van der Waals surface area (Å²) >= 11 is 2.23. The number of fused-ring (bicyclic) bond motifs is 1. The van der Waals surface area contributed by atoms with E-state index in [0.717, 1.165) is 25.5 Å². The number of hydrogen-bond donors (Lipinski definition) is 2. The Kier molecular flexibility index (Phi) is 10.9. The number of amides is 3. The molecule has 212 valence electrons. The number of likely N-dealkylation sites (N-methyl/N-ethyl adjacent to an activating group) is 3. The van der Waals surface area contributed by atoms with Crippen LogP contribution in [0.3, 0.4) is 0 Å². The van der Waals surface area contributed by atoms with Gasteiger partial charge >= 0.3 is 0 Å². The lowest BCUT2D eigenvalue weighted by Gasteiger charge is -2.34. The van der Waals surface area contributed by atoms with E-state index in [2.05, 4.69) is 27.9 Å². The maximum Gasteiger partial charge on any atom is 0.246 e. The van der Waals surface area contributed by atoms with E-state index in [-0.39, 0.29) is 17.7 Å². The minimum atomic E-state index is -0.821. The van der Waals surface area contributed by atoms with E-state index in [1.807, 2.05) is 80.6 Å². The van der Waals surface area contributed by atoms with Crippen LogP contribution in [-0.2, 0) is 27.2 Å². The maximum atomic E-state index is 14.1. The van der Waals surface area contributed by atoms with Crippen LogP contribution >= 0.6 is 22.6 Å². The SMILES string of the molecule is CNC(=O)[C@@H](Cc1ccc(I)cc1)N(C)C(=O)[C@@H](Cc1ccc2ccccc2c1)N(C)C(=O)/C=C/CC(C)(C)N. The Bertz CT molecular complexity index is 1360. The fourth-order valence-corrected chi connectivity index (χ4v) is 4.88. The van der Waals surface area contributed by atoms with Crippen molar-refractivity contribution in [1.82, 2.24) is 15.1 Å². The average Bonchev–Trinajstić information content (AvgIpc) is 2.93. The first kappa shape index (κ1) is 31.3. The summed E-state index contributed by atoms with van der Waals surface area (Å²) in [5, 5.41) is 4.85. The molecule has 0 spiro atoms. The van der Waals surface area contributed by atoms with E-state index in [1.165, 1.54) is 15.9 Å². The van der Waals surface area contributed by atoms with Gasteiger partial charge in [-0.1, -0.05) is 60.7 Å².